The van der Waals surface area contributed by atoms with Crippen molar-refractivity contribution in [1.29, 1.82) is 0 Å². The molecule has 1 aliphatic rings. The number of nitrogens with two attached hydrogens (primary N) is 1. The maximum atomic E-state index is 11.6. The van der Waals surface area contributed by atoms with Crippen molar-refractivity contribution < 1.29 is 14.3 Å². The van der Waals surface area contributed by atoms with E-state index in [9.17, 15) is 9.59 Å². The van der Waals surface area contributed by atoms with E-state index in [0.29, 0.717) is 13.0 Å². The Labute approximate surface area is 89.6 Å². The van der Waals surface area contributed by atoms with Gasteiger partial charge in [-0.05, 0) is 19.8 Å². The number of esters is 1. The molecule has 5 nitrogen and oxygen atoms in total. The molecule has 2 atom stereocenters. The van der Waals surface area contributed by atoms with Crippen LogP contribution in [-0.4, -0.2) is 42.0 Å². The van der Waals surface area contributed by atoms with Gasteiger partial charge >= 0.3 is 5.97 Å². The lowest BCUT2D eigenvalue weighted by Crippen LogP contribution is -2.60. The molecule has 0 bridgehead atoms. The molecule has 1 amide bonds. The molecule has 1 aliphatic heterocycles. The number of likely N-dealkylation sites (tertiary alicyclic amines) is 1. The second-order valence-corrected chi connectivity index (χ2v) is 3.62. The fourth-order valence-corrected chi connectivity index (χ4v) is 1.86. The summed E-state index contributed by atoms with van der Waals surface area (Å²) in [5.74, 6) is -0.616. The van der Waals surface area contributed by atoms with Crippen molar-refractivity contribution in [2.24, 2.45) is 5.73 Å². The molecule has 1 heterocycles. The standard InChI is InChI=1S/C10H18N2O3/c1-3-7(10(14)15-4-2)12-6-5-8(12)9(11)13/h7-8H,3-6H2,1-2H3,(H2,11,13). The molecule has 1 saturated heterocycles. The molecule has 0 radical (unpaired) electrons. The fraction of sp³-hybridized carbons (Fsp3) is 0.800. The molecule has 0 spiro atoms. The quantitative estimate of drug-likeness (QED) is 0.648. The first-order valence-electron chi connectivity index (χ1n) is 5.33. The zero-order chi connectivity index (χ0) is 11.4. The minimum Gasteiger partial charge on any atom is -0.465 e. The van der Waals surface area contributed by atoms with E-state index >= 15 is 0 Å². The van der Waals surface area contributed by atoms with Crippen LogP contribution in [0.2, 0.25) is 0 Å². The van der Waals surface area contributed by atoms with Crippen molar-refractivity contribution in [3.05, 3.63) is 0 Å². The average Bonchev–Trinajstić information content (AvgIpc) is 2.11. The van der Waals surface area contributed by atoms with Crippen molar-refractivity contribution >= 4 is 11.9 Å². The zero-order valence-electron chi connectivity index (χ0n) is 9.23. The summed E-state index contributed by atoms with van der Waals surface area (Å²) >= 11 is 0. The molecule has 0 saturated carbocycles. The fourth-order valence-electron chi connectivity index (χ4n) is 1.86. The summed E-state index contributed by atoms with van der Waals surface area (Å²) in [6, 6.07) is -0.615. The Morgan fingerprint density at radius 1 is 1.53 bits per heavy atom. The first kappa shape index (κ1) is 12.0. The predicted molar refractivity (Wildman–Crippen MR) is 55.0 cm³/mol. The van der Waals surface area contributed by atoms with Crippen molar-refractivity contribution in [3.63, 3.8) is 0 Å². The van der Waals surface area contributed by atoms with Gasteiger partial charge in [0.1, 0.15) is 6.04 Å². The van der Waals surface area contributed by atoms with Crippen LogP contribution in [0, 0.1) is 0 Å². The Morgan fingerprint density at radius 3 is 2.53 bits per heavy atom. The molecule has 86 valence electrons. The number of hydrogen-bond donors (Lipinski definition) is 1. The van der Waals surface area contributed by atoms with Gasteiger partial charge in [0, 0.05) is 6.54 Å². The minimum atomic E-state index is -0.357. The summed E-state index contributed by atoms with van der Waals surface area (Å²) in [6.07, 6.45) is 1.38. The number of carbonyl (C=O) groups excluding carboxylic acids is 2. The second kappa shape index (κ2) is 5.11. The van der Waals surface area contributed by atoms with E-state index in [2.05, 4.69) is 0 Å². The van der Waals surface area contributed by atoms with Crippen molar-refractivity contribution in [2.45, 2.75) is 38.8 Å². The zero-order valence-corrected chi connectivity index (χ0v) is 9.23. The van der Waals surface area contributed by atoms with Crippen molar-refractivity contribution in [3.8, 4) is 0 Å². The van der Waals surface area contributed by atoms with Gasteiger partial charge in [-0.1, -0.05) is 6.92 Å². The van der Waals surface area contributed by atoms with E-state index in [1.54, 1.807) is 6.92 Å². The molecular formula is C10H18N2O3. The van der Waals surface area contributed by atoms with Crippen molar-refractivity contribution in [1.82, 2.24) is 4.90 Å². The molecule has 0 aliphatic carbocycles. The lowest BCUT2D eigenvalue weighted by Gasteiger charge is -2.42. The third-order valence-electron chi connectivity index (χ3n) is 2.74. The normalized spacial score (nSPS) is 22.9. The lowest BCUT2D eigenvalue weighted by atomic mass is 9.98. The van der Waals surface area contributed by atoms with E-state index in [4.69, 9.17) is 10.5 Å². The van der Waals surface area contributed by atoms with Gasteiger partial charge in [0.05, 0.1) is 12.6 Å². The topological polar surface area (TPSA) is 72.6 Å². The number of carbonyl (C=O) groups is 2. The highest BCUT2D eigenvalue weighted by molar-refractivity contribution is 5.83. The SMILES string of the molecule is CCOC(=O)C(CC)N1CCC1C(N)=O. The van der Waals surface area contributed by atoms with E-state index in [-0.39, 0.29) is 24.0 Å². The third kappa shape index (κ3) is 2.47. The van der Waals surface area contributed by atoms with Gasteiger partial charge in [0.15, 0.2) is 0 Å². The van der Waals surface area contributed by atoms with E-state index in [1.807, 2.05) is 11.8 Å². The first-order valence-corrected chi connectivity index (χ1v) is 5.33. The van der Waals surface area contributed by atoms with Crippen LogP contribution in [0.3, 0.4) is 0 Å². The van der Waals surface area contributed by atoms with Crippen LogP contribution in [-0.2, 0) is 14.3 Å². The molecule has 0 aromatic heterocycles. The average molecular weight is 214 g/mol. The molecule has 15 heavy (non-hydrogen) atoms. The van der Waals surface area contributed by atoms with Crippen LogP contribution in [0.1, 0.15) is 26.7 Å². The van der Waals surface area contributed by atoms with Crippen LogP contribution in [0.4, 0.5) is 0 Å². The predicted octanol–water partition coefficient (Wildman–Crippen LogP) is -0.112. The van der Waals surface area contributed by atoms with Gasteiger partial charge in [-0.15, -0.1) is 0 Å². The van der Waals surface area contributed by atoms with E-state index < -0.39 is 0 Å². The van der Waals surface area contributed by atoms with Crippen LogP contribution < -0.4 is 5.73 Å². The lowest BCUT2D eigenvalue weighted by molar-refractivity contribution is -0.155. The second-order valence-electron chi connectivity index (χ2n) is 3.62. The Hall–Kier alpha value is -1.10. The van der Waals surface area contributed by atoms with Gasteiger partial charge in [-0.3, -0.25) is 14.5 Å². The summed E-state index contributed by atoms with van der Waals surface area (Å²) in [5, 5.41) is 0. The van der Waals surface area contributed by atoms with Gasteiger partial charge in [0.2, 0.25) is 5.91 Å². The maximum Gasteiger partial charge on any atom is 0.323 e. The first-order chi connectivity index (χ1) is 7.11. The molecule has 2 N–H and O–H groups in total. The van der Waals surface area contributed by atoms with Crippen LogP contribution >= 0.6 is 0 Å². The summed E-state index contributed by atoms with van der Waals surface area (Å²) in [6.45, 7) is 4.78. The largest absolute Gasteiger partial charge is 0.465 e. The Bertz CT molecular complexity index is 255. The summed E-state index contributed by atoms with van der Waals surface area (Å²) < 4.78 is 4.95. The van der Waals surface area contributed by atoms with Crippen LogP contribution in [0.15, 0.2) is 0 Å². The maximum absolute atomic E-state index is 11.6. The minimum absolute atomic E-state index is 0.258. The van der Waals surface area contributed by atoms with E-state index in [0.717, 1.165) is 13.0 Å². The molecule has 1 fully saturated rings. The number of primary amides is 1. The summed E-state index contributed by atoms with van der Waals surface area (Å²) in [4.78, 5) is 24.4. The highest BCUT2D eigenvalue weighted by atomic mass is 16.5. The number of rotatable bonds is 5. The Morgan fingerprint density at radius 2 is 2.20 bits per heavy atom. The highest BCUT2D eigenvalue weighted by Gasteiger charge is 2.40. The molecule has 0 aromatic rings. The molecular weight excluding hydrogens is 196 g/mol. The van der Waals surface area contributed by atoms with Crippen LogP contribution in [0.5, 0.6) is 0 Å². The molecule has 2 unspecified atom stereocenters. The number of hydrogen-bond acceptors (Lipinski definition) is 4. The van der Waals surface area contributed by atoms with Gasteiger partial charge in [0.25, 0.3) is 0 Å². The number of amides is 1. The smallest absolute Gasteiger partial charge is 0.323 e. The Balaban J connectivity index is 2.59. The summed E-state index contributed by atoms with van der Waals surface area (Å²) in [7, 11) is 0. The highest BCUT2D eigenvalue weighted by Crippen LogP contribution is 2.22. The number of nitrogens with zero attached hydrogens (tertiary/aromatic N) is 1. The molecule has 1 rings (SSSR count). The molecule has 0 aromatic carbocycles. The van der Waals surface area contributed by atoms with E-state index in [1.165, 1.54) is 0 Å². The van der Waals surface area contributed by atoms with Gasteiger partial charge in [-0.25, -0.2) is 0 Å². The third-order valence-corrected chi connectivity index (χ3v) is 2.74. The van der Waals surface area contributed by atoms with Gasteiger partial charge in [-0.2, -0.15) is 0 Å². The molecule has 5 heteroatoms. The summed E-state index contributed by atoms with van der Waals surface area (Å²) in [5.41, 5.74) is 5.22. The Kier molecular flexibility index (Phi) is 4.08. The van der Waals surface area contributed by atoms with Gasteiger partial charge < -0.3 is 10.5 Å². The van der Waals surface area contributed by atoms with Crippen molar-refractivity contribution in [2.75, 3.05) is 13.2 Å². The van der Waals surface area contributed by atoms with Crippen LogP contribution in [0.25, 0.3) is 0 Å². The number of ether oxygens (including phenoxy) is 1. The monoisotopic (exact) mass is 214 g/mol.